The highest BCUT2D eigenvalue weighted by atomic mass is 35.5. The number of halogens is 1. The van der Waals surface area contributed by atoms with Gasteiger partial charge in [-0.1, -0.05) is 23.7 Å². The first-order valence-corrected chi connectivity index (χ1v) is 9.82. The van der Waals surface area contributed by atoms with E-state index in [2.05, 4.69) is 9.48 Å². The van der Waals surface area contributed by atoms with Gasteiger partial charge in [-0.25, -0.2) is 9.48 Å². The lowest BCUT2D eigenvalue weighted by Crippen LogP contribution is -2.41. The van der Waals surface area contributed by atoms with Crippen LogP contribution in [-0.2, 0) is 5.72 Å². The number of hydrogen-bond acceptors (Lipinski definition) is 4. The Labute approximate surface area is 163 Å². The summed E-state index contributed by atoms with van der Waals surface area (Å²) in [5.41, 5.74) is 0.821. The predicted octanol–water partition coefficient (Wildman–Crippen LogP) is 3.72. The van der Waals surface area contributed by atoms with E-state index in [1.807, 2.05) is 42.5 Å². The van der Waals surface area contributed by atoms with Crippen LogP contribution < -0.4 is 14.4 Å². The first-order chi connectivity index (χ1) is 13.1. The van der Waals surface area contributed by atoms with E-state index >= 15 is 0 Å². The van der Waals surface area contributed by atoms with Crippen molar-refractivity contribution in [2.75, 3.05) is 24.8 Å². The molecule has 1 N–H and O–H groups in total. The van der Waals surface area contributed by atoms with E-state index in [1.165, 1.54) is 12.3 Å². The van der Waals surface area contributed by atoms with E-state index < -0.39 is 5.72 Å². The van der Waals surface area contributed by atoms with E-state index in [1.54, 1.807) is 0 Å². The first-order valence-electron chi connectivity index (χ1n) is 9.44. The smallest absolute Gasteiger partial charge is 0.271 e. The Balaban J connectivity index is 1.59. The average molecular weight is 386 g/mol. The van der Waals surface area contributed by atoms with Crippen molar-refractivity contribution < 1.29 is 19.2 Å². The lowest BCUT2D eigenvalue weighted by molar-refractivity contribution is -0.658. The number of hydrogen-bond donors (Lipinski definition) is 1. The van der Waals surface area contributed by atoms with Gasteiger partial charge < -0.3 is 14.6 Å². The molecule has 2 aromatic rings. The SMILES string of the molecule is OC1(c2ccc(Cl)cc2)CN(c2ccc3c(c2)OCO3)C2=[N+]1CCCCC2. The van der Waals surface area contributed by atoms with Gasteiger partial charge in [0, 0.05) is 23.1 Å². The van der Waals surface area contributed by atoms with Crippen molar-refractivity contribution in [2.24, 2.45) is 0 Å². The topological polar surface area (TPSA) is 44.9 Å². The Bertz CT molecular complexity index is 912. The van der Waals surface area contributed by atoms with Crippen LogP contribution >= 0.6 is 11.6 Å². The van der Waals surface area contributed by atoms with Gasteiger partial charge in [-0.3, -0.25) is 0 Å². The molecule has 0 amide bonds. The van der Waals surface area contributed by atoms with Crippen molar-refractivity contribution in [3.63, 3.8) is 0 Å². The minimum Gasteiger partial charge on any atom is -0.454 e. The molecule has 5 rings (SSSR count). The Hall–Kier alpha value is -2.24. The maximum absolute atomic E-state index is 11.8. The van der Waals surface area contributed by atoms with Gasteiger partial charge >= 0.3 is 0 Å². The Morgan fingerprint density at radius 3 is 2.67 bits per heavy atom. The molecule has 0 aliphatic carbocycles. The average Bonchev–Trinajstić information content (AvgIpc) is 3.15. The number of ether oxygens (including phenoxy) is 2. The van der Waals surface area contributed by atoms with Gasteiger partial charge in [-0.2, -0.15) is 0 Å². The number of rotatable bonds is 2. The van der Waals surface area contributed by atoms with Crippen LogP contribution in [0.25, 0.3) is 0 Å². The van der Waals surface area contributed by atoms with Crippen LogP contribution in [0.3, 0.4) is 0 Å². The van der Waals surface area contributed by atoms with Gasteiger partial charge in [0.2, 0.25) is 6.79 Å². The third-order valence-corrected chi connectivity index (χ3v) is 5.96. The highest BCUT2D eigenvalue weighted by Crippen LogP contribution is 2.40. The maximum atomic E-state index is 11.8. The van der Waals surface area contributed by atoms with Crippen molar-refractivity contribution in [3.05, 3.63) is 53.1 Å². The fraction of sp³-hybridized carbons (Fsp3) is 0.381. The first kappa shape index (κ1) is 16.9. The normalized spacial score (nSPS) is 24.1. The molecule has 1 atom stereocenters. The number of anilines is 1. The quantitative estimate of drug-likeness (QED) is 0.800. The van der Waals surface area contributed by atoms with Gasteiger partial charge in [-0.05, 0) is 43.5 Å². The third-order valence-electron chi connectivity index (χ3n) is 5.70. The molecule has 6 heteroatoms. The predicted molar refractivity (Wildman–Crippen MR) is 104 cm³/mol. The lowest BCUT2D eigenvalue weighted by Gasteiger charge is -2.23. The summed E-state index contributed by atoms with van der Waals surface area (Å²) in [6, 6.07) is 13.5. The van der Waals surface area contributed by atoms with Crippen molar-refractivity contribution in [2.45, 2.75) is 31.4 Å². The molecule has 5 nitrogen and oxygen atoms in total. The van der Waals surface area contributed by atoms with E-state index in [9.17, 15) is 5.11 Å². The molecule has 3 aliphatic rings. The second-order valence-corrected chi connectivity index (χ2v) is 7.76. The van der Waals surface area contributed by atoms with Crippen molar-refractivity contribution in [1.29, 1.82) is 0 Å². The Morgan fingerprint density at radius 2 is 1.81 bits per heavy atom. The van der Waals surface area contributed by atoms with Gasteiger partial charge in [0.05, 0.1) is 6.54 Å². The van der Waals surface area contributed by atoms with Crippen LogP contribution in [0.4, 0.5) is 5.69 Å². The summed E-state index contributed by atoms with van der Waals surface area (Å²) in [5.74, 6) is 2.70. The van der Waals surface area contributed by atoms with E-state index in [4.69, 9.17) is 21.1 Å². The molecule has 0 radical (unpaired) electrons. The molecule has 2 aromatic carbocycles. The molecule has 0 spiro atoms. The van der Waals surface area contributed by atoms with Crippen LogP contribution in [0.5, 0.6) is 11.5 Å². The summed E-state index contributed by atoms with van der Waals surface area (Å²) in [6.07, 6.45) is 4.33. The highest BCUT2D eigenvalue weighted by molar-refractivity contribution is 6.30. The lowest BCUT2D eigenvalue weighted by atomic mass is 10.0. The molecule has 0 fully saturated rings. The fourth-order valence-electron chi connectivity index (χ4n) is 4.33. The molecule has 1 unspecified atom stereocenters. The van der Waals surface area contributed by atoms with E-state index in [0.29, 0.717) is 11.6 Å². The van der Waals surface area contributed by atoms with Crippen molar-refractivity contribution in [1.82, 2.24) is 0 Å². The number of aliphatic hydroxyl groups is 1. The largest absolute Gasteiger partial charge is 0.454 e. The Kier molecular flexibility index (Phi) is 4.02. The maximum Gasteiger partial charge on any atom is 0.271 e. The van der Waals surface area contributed by atoms with Gasteiger partial charge in [0.25, 0.3) is 11.6 Å². The van der Waals surface area contributed by atoms with E-state index in [0.717, 1.165) is 48.6 Å². The zero-order valence-corrected chi connectivity index (χ0v) is 15.8. The summed E-state index contributed by atoms with van der Waals surface area (Å²) in [6.45, 7) is 1.58. The molecule has 140 valence electrons. The minimum atomic E-state index is -1.07. The summed E-state index contributed by atoms with van der Waals surface area (Å²) >= 11 is 6.07. The molecule has 0 aromatic heterocycles. The summed E-state index contributed by atoms with van der Waals surface area (Å²) in [4.78, 5) is 2.22. The highest BCUT2D eigenvalue weighted by Gasteiger charge is 2.52. The standard InChI is InChI=1S/C21H22ClN2O3/c22-16-7-5-15(6-8-16)21(25)13-23(20-4-2-1-3-11-24(20)21)17-9-10-18-19(12-17)27-14-26-18/h5-10,12,25H,1-4,11,13-14H2/q+1. The van der Waals surface area contributed by atoms with Crippen LogP contribution in [-0.4, -0.2) is 35.4 Å². The minimum absolute atomic E-state index is 0.260. The molecule has 27 heavy (non-hydrogen) atoms. The third kappa shape index (κ3) is 2.77. The van der Waals surface area contributed by atoms with E-state index in [-0.39, 0.29) is 6.79 Å². The van der Waals surface area contributed by atoms with Crippen LogP contribution in [0, 0.1) is 0 Å². The van der Waals surface area contributed by atoms with Crippen LogP contribution in [0.15, 0.2) is 42.5 Å². The zero-order valence-electron chi connectivity index (χ0n) is 15.0. The second-order valence-electron chi connectivity index (χ2n) is 7.33. The molecule has 0 bridgehead atoms. The number of nitrogens with zero attached hydrogens (tertiary/aromatic N) is 2. The second kappa shape index (κ2) is 6.43. The molecule has 0 saturated heterocycles. The van der Waals surface area contributed by atoms with Crippen molar-refractivity contribution in [3.8, 4) is 11.5 Å². The van der Waals surface area contributed by atoms with Gasteiger partial charge in [0.1, 0.15) is 5.69 Å². The zero-order chi connectivity index (χ0) is 18.4. The van der Waals surface area contributed by atoms with Crippen LogP contribution in [0.2, 0.25) is 5.02 Å². The molecule has 0 saturated carbocycles. The monoisotopic (exact) mass is 385 g/mol. The summed E-state index contributed by atoms with van der Waals surface area (Å²) in [5, 5.41) is 12.4. The van der Waals surface area contributed by atoms with Gasteiger partial charge in [0.15, 0.2) is 18.0 Å². The van der Waals surface area contributed by atoms with Gasteiger partial charge in [-0.15, -0.1) is 0 Å². The molecular weight excluding hydrogens is 364 g/mol. The number of fused-ring (bicyclic) bond motifs is 1. The molecule has 3 heterocycles. The molecule has 3 aliphatic heterocycles. The number of benzene rings is 2. The summed E-state index contributed by atoms with van der Waals surface area (Å²) in [7, 11) is 0. The van der Waals surface area contributed by atoms with Crippen molar-refractivity contribution >= 4 is 23.1 Å². The van der Waals surface area contributed by atoms with Crippen LogP contribution in [0.1, 0.15) is 31.2 Å². The number of amidine groups is 1. The Morgan fingerprint density at radius 1 is 1.00 bits per heavy atom. The fourth-order valence-corrected chi connectivity index (χ4v) is 4.45. The summed E-state index contributed by atoms with van der Waals surface area (Å²) < 4.78 is 13.2. The number of β-amino-alcohol motifs (C(OH)–C–C–N with tert-alkyl or cyclic N) is 1. The molecular formula is C21H22ClN2O3+.